The van der Waals surface area contributed by atoms with Crippen LogP contribution in [0.4, 0.5) is 0 Å². The maximum absolute atomic E-state index is 13.4. The summed E-state index contributed by atoms with van der Waals surface area (Å²) in [5, 5.41) is 22.4. The zero-order valence-corrected chi connectivity index (χ0v) is 21.0. The number of primary sulfonamides is 1. The van der Waals surface area contributed by atoms with Crippen molar-refractivity contribution in [2.45, 2.75) is 28.8 Å². The van der Waals surface area contributed by atoms with Crippen molar-refractivity contribution in [3.8, 4) is 33.8 Å². The fraction of sp³-hybridized carbons (Fsp3) is 0.238. The van der Waals surface area contributed by atoms with Gasteiger partial charge in [0.25, 0.3) is 0 Å². The van der Waals surface area contributed by atoms with Gasteiger partial charge in [0.15, 0.2) is 0 Å². The summed E-state index contributed by atoms with van der Waals surface area (Å²) in [6.45, 7) is 1.30. The molecule has 2 aromatic carbocycles. The lowest BCUT2D eigenvalue weighted by Crippen LogP contribution is -2.37. The molecule has 16 heteroatoms. The van der Waals surface area contributed by atoms with Gasteiger partial charge < -0.3 is 16.0 Å². The molecule has 14 nitrogen and oxygen atoms in total. The fourth-order valence-corrected chi connectivity index (χ4v) is 7.17. The molecule has 3 heterocycles. The van der Waals surface area contributed by atoms with Gasteiger partial charge in [-0.3, -0.25) is 0 Å². The second kappa shape index (κ2) is 9.73. The van der Waals surface area contributed by atoms with Crippen molar-refractivity contribution in [2.24, 2.45) is 10.9 Å². The Labute approximate surface area is 212 Å². The highest BCUT2D eigenvalue weighted by molar-refractivity contribution is 7.92. The van der Waals surface area contributed by atoms with Gasteiger partial charge in [-0.25, -0.2) is 31.7 Å². The summed E-state index contributed by atoms with van der Waals surface area (Å²) in [5.74, 6) is 0.472. The van der Waals surface area contributed by atoms with Gasteiger partial charge in [0.1, 0.15) is 15.6 Å². The van der Waals surface area contributed by atoms with Crippen LogP contribution in [0.15, 0.2) is 52.4 Å². The van der Waals surface area contributed by atoms with Gasteiger partial charge in [-0.05, 0) is 41.4 Å². The van der Waals surface area contributed by atoms with Crippen molar-refractivity contribution >= 4 is 20.0 Å². The smallest absolute Gasteiger partial charge is 0.242 e. The predicted octanol–water partition coefficient (Wildman–Crippen LogP) is -0.330. The topological polar surface area (TPSA) is 228 Å². The summed E-state index contributed by atoms with van der Waals surface area (Å²) in [4.78, 5) is 6.21. The van der Waals surface area contributed by atoms with Gasteiger partial charge in [0.2, 0.25) is 25.9 Å². The molecule has 2 aromatic heterocycles. The van der Waals surface area contributed by atoms with Gasteiger partial charge in [-0.1, -0.05) is 24.3 Å². The van der Waals surface area contributed by atoms with Gasteiger partial charge in [-0.2, -0.15) is 5.21 Å². The number of nitrogens with two attached hydrogens (primary N) is 2. The number of rotatable bonds is 8. The molecule has 0 spiro atoms. The Morgan fingerprint density at radius 3 is 2.57 bits per heavy atom. The SMILES string of the molecule is NCc1ncc(-c2cccc(-c3ccc(S(=O)(=O)NC4CCNC4)c(S(N)(=O)=O)c3-c3nn[nH]n3)c2)[nH]1. The third kappa shape index (κ3) is 5.02. The highest BCUT2D eigenvalue weighted by atomic mass is 32.2. The zero-order chi connectivity index (χ0) is 26.2. The lowest BCUT2D eigenvalue weighted by Gasteiger charge is -2.18. The normalized spacial score (nSPS) is 16.3. The van der Waals surface area contributed by atoms with Crippen LogP contribution in [0.3, 0.4) is 0 Å². The Balaban J connectivity index is 1.72. The molecule has 1 unspecified atom stereocenters. The largest absolute Gasteiger partial charge is 0.341 e. The predicted molar refractivity (Wildman–Crippen MR) is 133 cm³/mol. The molecular weight excluding hydrogens is 520 g/mol. The van der Waals surface area contributed by atoms with Gasteiger partial charge in [0, 0.05) is 18.2 Å². The Kier molecular flexibility index (Phi) is 6.61. The second-order valence-electron chi connectivity index (χ2n) is 8.44. The maximum Gasteiger partial charge on any atom is 0.242 e. The minimum absolute atomic E-state index is 0.0897. The average molecular weight is 545 g/mol. The molecule has 1 aliphatic heterocycles. The number of hydrogen-bond acceptors (Lipinski definition) is 10. The summed E-state index contributed by atoms with van der Waals surface area (Å²) in [6.07, 6.45) is 2.20. The summed E-state index contributed by atoms with van der Waals surface area (Å²) in [5.41, 5.74) is 7.90. The Hall–Kier alpha value is -3.54. The molecule has 0 aliphatic carbocycles. The molecule has 1 fully saturated rings. The van der Waals surface area contributed by atoms with Crippen molar-refractivity contribution < 1.29 is 16.8 Å². The van der Waals surface area contributed by atoms with Crippen LogP contribution >= 0.6 is 0 Å². The minimum Gasteiger partial charge on any atom is -0.341 e. The molecule has 8 N–H and O–H groups in total. The van der Waals surface area contributed by atoms with E-state index in [0.717, 1.165) is 5.56 Å². The van der Waals surface area contributed by atoms with E-state index in [9.17, 15) is 16.8 Å². The van der Waals surface area contributed by atoms with Crippen LogP contribution in [0.1, 0.15) is 12.2 Å². The third-order valence-corrected chi connectivity index (χ3v) is 8.64. The molecule has 0 radical (unpaired) electrons. The van der Waals surface area contributed by atoms with E-state index >= 15 is 0 Å². The molecule has 4 aromatic rings. The van der Waals surface area contributed by atoms with Crippen LogP contribution in [0.5, 0.6) is 0 Å². The Bertz CT molecular complexity index is 1640. The summed E-state index contributed by atoms with van der Waals surface area (Å²) >= 11 is 0. The van der Waals surface area contributed by atoms with Crippen LogP contribution in [0.25, 0.3) is 33.8 Å². The van der Waals surface area contributed by atoms with Crippen molar-refractivity contribution in [3.05, 3.63) is 48.4 Å². The molecule has 1 saturated heterocycles. The van der Waals surface area contributed by atoms with Gasteiger partial charge >= 0.3 is 0 Å². The van der Waals surface area contributed by atoms with Crippen molar-refractivity contribution in [3.63, 3.8) is 0 Å². The standard InChI is InChI=1S/C21H24N10O4S2/c22-9-18-25-11-16(26-18)13-3-1-2-12(8-13)15-4-5-17(37(34,35)29-14-6-7-24-10-14)20(36(23,32)33)19(15)21-27-30-31-28-21/h1-5,8,11,14,24,29H,6-7,9-10,22H2,(H,25,26)(H2,23,32,33)(H,27,28,30,31). The van der Waals surface area contributed by atoms with Gasteiger partial charge in [-0.15, -0.1) is 10.2 Å². The van der Waals surface area contributed by atoms with Crippen molar-refractivity contribution in [2.75, 3.05) is 13.1 Å². The van der Waals surface area contributed by atoms with Crippen LogP contribution < -0.4 is 20.9 Å². The van der Waals surface area contributed by atoms with E-state index in [4.69, 9.17) is 10.9 Å². The van der Waals surface area contributed by atoms with Gasteiger partial charge in [0.05, 0.1) is 24.0 Å². The van der Waals surface area contributed by atoms with E-state index in [-0.39, 0.29) is 17.9 Å². The molecule has 0 amide bonds. The number of aromatic nitrogens is 6. The molecule has 1 aliphatic rings. The third-order valence-electron chi connectivity index (χ3n) is 5.95. The van der Waals surface area contributed by atoms with E-state index in [2.05, 4.69) is 40.6 Å². The molecule has 194 valence electrons. The summed E-state index contributed by atoms with van der Waals surface area (Å²) in [7, 11) is -8.87. The van der Waals surface area contributed by atoms with E-state index < -0.39 is 35.9 Å². The van der Waals surface area contributed by atoms with Crippen LogP contribution in [0.2, 0.25) is 0 Å². The number of hydrogen-bond donors (Lipinski definition) is 6. The minimum atomic E-state index is -4.59. The van der Waals surface area contributed by atoms with E-state index in [1.807, 2.05) is 6.07 Å². The maximum atomic E-state index is 13.4. The van der Waals surface area contributed by atoms with Crippen LogP contribution in [0, 0.1) is 0 Å². The lowest BCUT2D eigenvalue weighted by atomic mass is 9.97. The van der Waals surface area contributed by atoms with Crippen LogP contribution in [-0.4, -0.2) is 66.6 Å². The van der Waals surface area contributed by atoms with E-state index in [0.29, 0.717) is 42.2 Å². The highest BCUT2D eigenvalue weighted by Crippen LogP contribution is 2.39. The zero-order valence-electron chi connectivity index (χ0n) is 19.3. The summed E-state index contributed by atoms with van der Waals surface area (Å²) < 4.78 is 55.1. The number of H-pyrrole nitrogens is 2. The first kappa shape index (κ1) is 25.1. The first-order valence-electron chi connectivity index (χ1n) is 11.2. The number of nitrogens with one attached hydrogen (secondary N) is 4. The van der Waals surface area contributed by atoms with Crippen molar-refractivity contribution in [1.29, 1.82) is 0 Å². The molecule has 0 saturated carbocycles. The Morgan fingerprint density at radius 1 is 1.11 bits per heavy atom. The fourth-order valence-electron chi connectivity index (χ4n) is 4.29. The lowest BCUT2D eigenvalue weighted by molar-refractivity contribution is 0.555. The van der Waals surface area contributed by atoms with Crippen molar-refractivity contribution in [1.82, 2.24) is 40.6 Å². The number of sulfonamides is 2. The average Bonchev–Trinajstić information content (AvgIpc) is 3.65. The molecule has 1 atom stereocenters. The number of aromatic amines is 2. The van der Waals surface area contributed by atoms with E-state index in [1.54, 1.807) is 24.4 Å². The molecular formula is C21H24N10O4S2. The second-order valence-corrected chi connectivity index (χ2v) is 11.6. The van der Waals surface area contributed by atoms with Crippen LogP contribution in [-0.2, 0) is 26.6 Å². The number of nitrogens with zero attached hydrogens (tertiary/aromatic N) is 4. The number of benzene rings is 2. The monoisotopic (exact) mass is 544 g/mol. The number of tetrazole rings is 1. The highest BCUT2D eigenvalue weighted by Gasteiger charge is 2.33. The van der Waals surface area contributed by atoms with E-state index in [1.165, 1.54) is 12.1 Å². The molecule has 0 bridgehead atoms. The first-order chi connectivity index (χ1) is 17.7. The number of imidazole rings is 1. The quantitative estimate of drug-likeness (QED) is 0.169. The first-order valence-corrected chi connectivity index (χ1v) is 14.2. The Morgan fingerprint density at radius 2 is 1.92 bits per heavy atom. The molecule has 37 heavy (non-hydrogen) atoms. The summed E-state index contributed by atoms with van der Waals surface area (Å²) in [6, 6.07) is 9.46. The molecule has 5 rings (SSSR count).